The van der Waals surface area contributed by atoms with Crippen molar-refractivity contribution in [2.24, 2.45) is 0 Å². The van der Waals surface area contributed by atoms with E-state index in [9.17, 15) is 22.4 Å². The minimum Gasteiger partial charge on any atom is -0.481 e. The predicted octanol–water partition coefficient (Wildman–Crippen LogP) is 3.58. The number of nitrogens with zero attached hydrogens (tertiary/aromatic N) is 2. The quantitative estimate of drug-likeness (QED) is 0.682. The van der Waals surface area contributed by atoms with Crippen molar-refractivity contribution in [3.63, 3.8) is 0 Å². The zero-order valence-electron chi connectivity index (χ0n) is 14.3. The summed E-state index contributed by atoms with van der Waals surface area (Å²) in [4.78, 5) is 19.8. The number of halogens is 4. The molecule has 0 unspecified atom stereocenters. The van der Waals surface area contributed by atoms with Crippen molar-refractivity contribution in [2.75, 3.05) is 6.61 Å². The predicted molar refractivity (Wildman–Crippen MR) is 89.0 cm³/mol. The Bertz CT molecular complexity index is 1020. The summed E-state index contributed by atoms with van der Waals surface area (Å²) in [6.07, 6.45) is -3.39. The Balaban J connectivity index is 2.07. The molecule has 144 valence electrons. The van der Waals surface area contributed by atoms with Crippen LogP contribution in [0.5, 0.6) is 11.8 Å². The van der Waals surface area contributed by atoms with Crippen LogP contribution in [0.15, 0.2) is 35.3 Å². The standard InChI is InChI=1S/C17H15F4N3O3/c1-9(2)27-16-23-14-11(5-6-22-14)15(25)24(16)10-3-4-13(12(18)7-10)26-8-17(19,20)21/h3-7,9,22H,8H2,1-2H3. The van der Waals surface area contributed by atoms with Crippen molar-refractivity contribution in [3.05, 3.63) is 46.6 Å². The van der Waals surface area contributed by atoms with Crippen LogP contribution in [0, 0.1) is 5.82 Å². The minimum absolute atomic E-state index is 0.0445. The van der Waals surface area contributed by atoms with Crippen LogP contribution in [-0.4, -0.2) is 33.4 Å². The van der Waals surface area contributed by atoms with Gasteiger partial charge >= 0.3 is 12.2 Å². The molecule has 0 aliphatic heterocycles. The molecule has 0 radical (unpaired) electrons. The van der Waals surface area contributed by atoms with Crippen molar-refractivity contribution in [2.45, 2.75) is 26.1 Å². The summed E-state index contributed by atoms with van der Waals surface area (Å²) in [5.74, 6) is -1.63. The molecule has 1 aromatic carbocycles. The van der Waals surface area contributed by atoms with Gasteiger partial charge in [-0.3, -0.25) is 4.79 Å². The highest BCUT2D eigenvalue weighted by Crippen LogP contribution is 2.25. The molecule has 2 aromatic heterocycles. The Labute approximate surface area is 150 Å². The third kappa shape index (κ3) is 4.04. The fourth-order valence-electron chi connectivity index (χ4n) is 2.40. The van der Waals surface area contributed by atoms with Gasteiger partial charge in [-0.05, 0) is 32.0 Å². The third-order valence-corrected chi connectivity index (χ3v) is 3.46. The van der Waals surface area contributed by atoms with Gasteiger partial charge in [-0.2, -0.15) is 18.2 Å². The molecule has 10 heteroatoms. The highest BCUT2D eigenvalue weighted by Gasteiger charge is 2.29. The van der Waals surface area contributed by atoms with Gasteiger partial charge in [0.2, 0.25) is 0 Å². The maximum absolute atomic E-state index is 14.2. The van der Waals surface area contributed by atoms with Gasteiger partial charge in [0.25, 0.3) is 5.56 Å². The lowest BCUT2D eigenvalue weighted by molar-refractivity contribution is -0.153. The first-order valence-electron chi connectivity index (χ1n) is 7.92. The molecule has 0 amide bonds. The minimum atomic E-state index is -4.59. The molecule has 0 atom stereocenters. The SMILES string of the molecule is CC(C)Oc1nc2[nH]ccc2c(=O)n1-c1ccc(OCC(F)(F)F)c(F)c1. The van der Waals surface area contributed by atoms with E-state index < -0.39 is 29.9 Å². The highest BCUT2D eigenvalue weighted by atomic mass is 19.4. The number of aromatic nitrogens is 3. The summed E-state index contributed by atoms with van der Waals surface area (Å²) in [7, 11) is 0. The van der Waals surface area contributed by atoms with Crippen LogP contribution in [0.2, 0.25) is 0 Å². The number of fused-ring (bicyclic) bond motifs is 1. The van der Waals surface area contributed by atoms with Gasteiger partial charge < -0.3 is 14.5 Å². The Morgan fingerprint density at radius 3 is 2.63 bits per heavy atom. The number of alkyl halides is 3. The number of rotatable bonds is 5. The normalized spacial score (nSPS) is 12.0. The first kappa shape index (κ1) is 18.7. The van der Waals surface area contributed by atoms with Gasteiger partial charge in [-0.25, -0.2) is 8.96 Å². The number of hydrogen-bond acceptors (Lipinski definition) is 4. The molecule has 0 saturated carbocycles. The second-order valence-electron chi connectivity index (χ2n) is 5.96. The Kier molecular flexibility index (Phi) is 4.81. The molecule has 6 nitrogen and oxygen atoms in total. The highest BCUT2D eigenvalue weighted by molar-refractivity contribution is 5.75. The van der Waals surface area contributed by atoms with Gasteiger partial charge in [0.1, 0.15) is 5.65 Å². The molecule has 3 rings (SSSR count). The summed E-state index contributed by atoms with van der Waals surface area (Å²) >= 11 is 0. The van der Waals surface area contributed by atoms with E-state index in [4.69, 9.17) is 4.74 Å². The van der Waals surface area contributed by atoms with E-state index >= 15 is 0 Å². The summed E-state index contributed by atoms with van der Waals surface area (Å²) < 4.78 is 62.0. The van der Waals surface area contributed by atoms with E-state index in [1.807, 2.05) is 0 Å². The second kappa shape index (κ2) is 6.93. The molecule has 0 bridgehead atoms. The molecule has 0 saturated heterocycles. The fraction of sp³-hybridized carbons (Fsp3) is 0.294. The van der Waals surface area contributed by atoms with E-state index in [1.165, 1.54) is 18.3 Å². The molecule has 0 aliphatic rings. The van der Waals surface area contributed by atoms with Crippen molar-refractivity contribution < 1.29 is 27.0 Å². The van der Waals surface area contributed by atoms with Crippen molar-refractivity contribution in [3.8, 4) is 17.4 Å². The van der Waals surface area contributed by atoms with E-state index in [1.54, 1.807) is 13.8 Å². The molecule has 0 fully saturated rings. The van der Waals surface area contributed by atoms with Crippen molar-refractivity contribution in [1.29, 1.82) is 0 Å². The Hall–Kier alpha value is -3.04. The largest absolute Gasteiger partial charge is 0.481 e. The molecule has 1 N–H and O–H groups in total. The lowest BCUT2D eigenvalue weighted by Crippen LogP contribution is -2.24. The van der Waals surface area contributed by atoms with Crippen molar-refractivity contribution in [1.82, 2.24) is 14.5 Å². The van der Waals surface area contributed by atoms with E-state index in [0.29, 0.717) is 5.65 Å². The first-order chi connectivity index (χ1) is 12.7. The maximum Gasteiger partial charge on any atom is 0.422 e. The van der Waals surface area contributed by atoms with Crippen LogP contribution in [0.25, 0.3) is 16.7 Å². The molecular formula is C17H15F4N3O3. The smallest absolute Gasteiger partial charge is 0.422 e. The number of benzene rings is 1. The van der Waals surface area contributed by atoms with Gasteiger partial charge in [-0.15, -0.1) is 0 Å². The fourth-order valence-corrected chi connectivity index (χ4v) is 2.40. The molecule has 0 aliphatic carbocycles. The van der Waals surface area contributed by atoms with E-state index in [0.717, 1.165) is 16.7 Å². The van der Waals surface area contributed by atoms with Gasteiger partial charge in [-0.1, -0.05) is 0 Å². The first-order valence-corrected chi connectivity index (χ1v) is 7.92. The number of nitrogens with one attached hydrogen (secondary N) is 1. The molecule has 2 heterocycles. The molecule has 3 aromatic rings. The summed E-state index contributed by atoms with van der Waals surface area (Å²) in [5, 5.41) is 0.254. The van der Waals surface area contributed by atoms with E-state index in [-0.39, 0.29) is 23.2 Å². The van der Waals surface area contributed by atoms with Crippen LogP contribution in [-0.2, 0) is 0 Å². The van der Waals surface area contributed by atoms with Crippen LogP contribution < -0.4 is 15.0 Å². The van der Waals surface area contributed by atoms with Crippen molar-refractivity contribution >= 4 is 11.0 Å². The van der Waals surface area contributed by atoms with Crippen LogP contribution in [0.1, 0.15) is 13.8 Å². The molecule has 27 heavy (non-hydrogen) atoms. The zero-order chi connectivity index (χ0) is 19.8. The molecular weight excluding hydrogens is 370 g/mol. The zero-order valence-corrected chi connectivity index (χ0v) is 14.3. The summed E-state index contributed by atoms with van der Waals surface area (Å²) in [6, 6.07) is 4.60. The number of aromatic amines is 1. The van der Waals surface area contributed by atoms with Crippen LogP contribution in [0.3, 0.4) is 0 Å². The van der Waals surface area contributed by atoms with Crippen LogP contribution >= 0.6 is 0 Å². The molecule has 0 spiro atoms. The summed E-state index contributed by atoms with van der Waals surface area (Å²) in [5.41, 5.74) is -0.166. The number of H-pyrrole nitrogens is 1. The summed E-state index contributed by atoms with van der Waals surface area (Å²) in [6.45, 7) is 1.83. The monoisotopic (exact) mass is 385 g/mol. The van der Waals surface area contributed by atoms with E-state index in [2.05, 4.69) is 14.7 Å². The second-order valence-corrected chi connectivity index (χ2v) is 5.96. The Morgan fingerprint density at radius 1 is 1.26 bits per heavy atom. The van der Waals surface area contributed by atoms with Gasteiger partial charge in [0, 0.05) is 12.3 Å². The van der Waals surface area contributed by atoms with Gasteiger partial charge in [0.05, 0.1) is 17.2 Å². The number of hydrogen-bond donors (Lipinski definition) is 1. The number of ether oxygens (including phenoxy) is 2. The lowest BCUT2D eigenvalue weighted by Gasteiger charge is -2.16. The maximum atomic E-state index is 14.2. The topological polar surface area (TPSA) is 69.1 Å². The lowest BCUT2D eigenvalue weighted by atomic mass is 10.2. The average molecular weight is 385 g/mol. The average Bonchev–Trinajstić information content (AvgIpc) is 3.01. The van der Waals surface area contributed by atoms with Crippen LogP contribution in [0.4, 0.5) is 17.6 Å². The third-order valence-electron chi connectivity index (χ3n) is 3.46. The van der Waals surface area contributed by atoms with Gasteiger partial charge in [0.15, 0.2) is 18.2 Å². The Morgan fingerprint density at radius 2 is 2.00 bits per heavy atom.